The normalized spacial score (nSPS) is 13.0. The van der Waals surface area contributed by atoms with E-state index in [0.717, 1.165) is 6.07 Å². The summed E-state index contributed by atoms with van der Waals surface area (Å²) in [7, 11) is -6.32. The van der Waals surface area contributed by atoms with Crippen LogP contribution >= 0.6 is 0 Å². The summed E-state index contributed by atoms with van der Waals surface area (Å²) in [6.45, 7) is 5.36. The molecule has 0 aliphatic heterocycles. The highest BCUT2D eigenvalue weighted by molar-refractivity contribution is 7.92. The van der Waals surface area contributed by atoms with Gasteiger partial charge in [0.2, 0.25) is 20.0 Å². The molecule has 0 saturated heterocycles. The molecule has 0 atom stereocenters. The van der Waals surface area contributed by atoms with E-state index in [1.165, 1.54) is 19.2 Å². The minimum Gasteiger partial charge on any atom is -0.495 e. The highest BCUT2D eigenvalue weighted by Gasteiger charge is 2.23. The number of anilines is 1. The fourth-order valence-electron chi connectivity index (χ4n) is 1.75. The van der Waals surface area contributed by atoms with Crippen LogP contribution in [0, 0.1) is 5.41 Å². The molecule has 0 heterocycles. The van der Waals surface area contributed by atoms with E-state index in [2.05, 4.69) is 4.72 Å². The molecular formula is C12H20N2O5S2. The molecule has 0 fully saturated rings. The van der Waals surface area contributed by atoms with Crippen molar-refractivity contribution in [3.8, 4) is 5.75 Å². The van der Waals surface area contributed by atoms with E-state index in [0.29, 0.717) is 0 Å². The van der Waals surface area contributed by atoms with Crippen molar-refractivity contribution in [2.24, 2.45) is 10.6 Å². The molecule has 0 aromatic heterocycles. The molecule has 9 heteroatoms. The van der Waals surface area contributed by atoms with Crippen molar-refractivity contribution in [2.45, 2.75) is 25.7 Å². The van der Waals surface area contributed by atoms with Gasteiger partial charge >= 0.3 is 0 Å². The molecule has 1 aromatic carbocycles. The number of hydrogen-bond acceptors (Lipinski definition) is 5. The summed E-state index contributed by atoms with van der Waals surface area (Å²) in [5.41, 5.74) is -0.315. The summed E-state index contributed by atoms with van der Waals surface area (Å²) in [5.74, 6) is -0.0484. The molecule has 7 nitrogen and oxygen atoms in total. The van der Waals surface area contributed by atoms with Crippen LogP contribution in [0.4, 0.5) is 5.69 Å². The topological polar surface area (TPSA) is 116 Å². The first-order valence-electron chi connectivity index (χ1n) is 6.05. The van der Waals surface area contributed by atoms with Crippen molar-refractivity contribution in [1.82, 2.24) is 0 Å². The number of benzene rings is 1. The fraction of sp³-hybridized carbons (Fsp3) is 0.500. The molecule has 0 radical (unpaired) electrons. The van der Waals surface area contributed by atoms with E-state index in [-0.39, 0.29) is 22.1 Å². The second-order valence-electron chi connectivity index (χ2n) is 5.83. The first-order valence-corrected chi connectivity index (χ1v) is 9.25. The van der Waals surface area contributed by atoms with Crippen LogP contribution in [0.2, 0.25) is 0 Å². The molecule has 21 heavy (non-hydrogen) atoms. The third kappa shape index (κ3) is 5.52. The average molecular weight is 336 g/mol. The van der Waals surface area contributed by atoms with E-state index in [4.69, 9.17) is 9.88 Å². The number of methoxy groups -OCH3 is 1. The summed E-state index contributed by atoms with van der Waals surface area (Å²) in [5, 5.41) is 5.08. The van der Waals surface area contributed by atoms with Gasteiger partial charge in [-0.25, -0.2) is 22.0 Å². The minimum absolute atomic E-state index is 0.0521. The Hall–Kier alpha value is -1.32. The highest BCUT2D eigenvalue weighted by atomic mass is 32.2. The predicted molar refractivity (Wildman–Crippen MR) is 81.2 cm³/mol. The van der Waals surface area contributed by atoms with Crippen LogP contribution in [-0.4, -0.2) is 29.7 Å². The number of hydrogen-bond donors (Lipinski definition) is 2. The summed E-state index contributed by atoms with van der Waals surface area (Å²) in [6, 6.07) is 3.89. The van der Waals surface area contributed by atoms with Gasteiger partial charge in [-0.3, -0.25) is 4.72 Å². The lowest BCUT2D eigenvalue weighted by atomic mass is 10.0. The van der Waals surface area contributed by atoms with Crippen molar-refractivity contribution < 1.29 is 21.6 Å². The quantitative estimate of drug-likeness (QED) is 0.836. The van der Waals surface area contributed by atoms with Crippen LogP contribution in [0.5, 0.6) is 5.75 Å². The molecule has 120 valence electrons. The van der Waals surface area contributed by atoms with Crippen molar-refractivity contribution >= 4 is 25.7 Å². The molecular weight excluding hydrogens is 316 g/mol. The fourth-order valence-corrected chi connectivity index (χ4v) is 4.17. The Morgan fingerprint density at radius 2 is 1.76 bits per heavy atom. The van der Waals surface area contributed by atoms with Gasteiger partial charge in [0.25, 0.3) is 0 Å². The van der Waals surface area contributed by atoms with Gasteiger partial charge in [0, 0.05) is 0 Å². The van der Waals surface area contributed by atoms with E-state index >= 15 is 0 Å². The number of sulfonamides is 2. The number of ether oxygens (including phenoxy) is 1. The molecule has 0 saturated carbocycles. The van der Waals surface area contributed by atoms with Crippen LogP contribution in [-0.2, 0) is 20.0 Å². The number of primary sulfonamides is 1. The summed E-state index contributed by atoms with van der Waals surface area (Å²) in [6.07, 6.45) is 0. The van der Waals surface area contributed by atoms with Gasteiger partial charge < -0.3 is 4.74 Å². The Kier molecular flexibility index (Phi) is 4.91. The number of nitrogens with two attached hydrogens (primary N) is 1. The second kappa shape index (κ2) is 5.82. The predicted octanol–water partition coefficient (Wildman–Crippen LogP) is 1.13. The maximum Gasteiger partial charge on any atom is 0.241 e. The van der Waals surface area contributed by atoms with Crippen LogP contribution < -0.4 is 14.6 Å². The molecule has 1 aromatic rings. The van der Waals surface area contributed by atoms with Crippen LogP contribution in [0.25, 0.3) is 0 Å². The van der Waals surface area contributed by atoms with Crippen LogP contribution in [0.15, 0.2) is 23.1 Å². The monoisotopic (exact) mass is 336 g/mol. The first-order chi connectivity index (χ1) is 9.34. The molecule has 3 N–H and O–H groups in total. The Morgan fingerprint density at radius 1 is 1.19 bits per heavy atom. The maximum absolute atomic E-state index is 12.0. The molecule has 0 amide bonds. The standard InChI is InChI=1S/C12H20N2O5S2/c1-12(2,3)8-20(15,16)14-9-5-6-10(19-4)11(7-9)21(13,17)18/h5-7,14H,8H2,1-4H3,(H2,13,17,18). The van der Waals surface area contributed by atoms with E-state index in [1.807, 2.05) is 0 Å². The Bertz CT molecular complexity index is 719. The lowest BCUT2D eigenvalue weighted by Gasteiger charge is -2.19. The van der Waals surface area contributed by atoms with Crippen molar-refractivity contribution in [3.05, 3.63) is 18.2 Å². The zero-order valence-corrected chi connectivity index (χ0v) is 14.0. The number of rotatable bonds is 5. The van der Waals surface area contributed by atoms with Gasteiger partial charge in [0.15, 0.2) is 0 Å². The minimum atomic E-state index is -4.02. The largest absolute Gasteiger partial charge is 0.495 e. The zero-order chi connectivity index (χ0) is 16.5. The molecule has 0 bridgehead atoms. The van der Waals surface area contributed by atoms with Gasteiger partial charge in [0.05, 0.1) is 18.6 Å². The van der Waals surface area contributed by atoms with Gasteiger partial charge in [-0.1, -0.05) is 20.8 Å². The summed E-state index contributed by atoms with van der Waals surface area (Å²) < 4.78 is 54.2. The van der Waals surface area contributed by atoms with Crippen molar-refractivity contribution in [3.63, 3.8) is 0 Å². The van der Waals surface area contributed by atoms with E-state index in [9.17, 15) is 16.8 Å². The van der Waals surface area contributed by atoms with Crippen LogP contribution in [0.1, 0.15) is 20.8 Å². The maximum atomic E-state index is 12.0. The average Bonchev–Trinajstić information content (AvgIpc) is 2.23. The van der Waals surface area contributed by atoms with Gasteiger partial charge in [-0.2, -0.15) is 0 Å². The van der Waals surface area contributed by atoms with Gasteiger partial charge in [-0.05, 0) is 23.6 Å². The summed E-state index contributed by atoms with van der Waals surface area (Å²) >= 11 is 0. The van der Waals surface area contributed by atoms with Crippen molar-refractivity contribution in [2.75, 3.05) is 17.6 Å². The van der Waals surface area contributed by atoms with E-state index in [1.54, 1.807) is 20.8 Å². The third-order valence-electron chi connectivity index (χ3n) is 2.37. The van der Waals surface area contributed by atoms with Gasteiger partial charge in [0.1, 0.15) is 10.6 Å². The number of nitrogens with one attached hydrogen (secondary N) is 1. The Balaban J connectivity index is 3.18. The second-order valence-corrected chi connectivity index (χ2v) is 9.08. The lowest BCUT2D eigenvalue weighted by Crippen LogP contribution is -2.26. The highest BCUT2D eigenvalue weighted by Crippen LogP contribution is 2.27. The van der Waals surface area contributed by atoms with Crippen LogP contribution in [0.3, 0.4) is 0 Å². The lowest BCUT2D eigenvalue weighted by molar-refractivity contribution is 0.403. The molecule has 1 rings (SSSR count). The third-order valence-corrected chi connectivity index (χ3v) is 5.09. The summed E-state index contributed by atoms with van der Waals surface area (Å²) in [4.78, 5) is -0.277. The smallest absolute Gasteiger partial charge is 0.241 e. The first kappa shape index (κ1) is 17.7. The van der Waals surface area contributed by atoms with E-state index < -0.39 is 25.5 Å². The zero-order valence-electron chi connectivity index (χ0n) is 12.4. The Labute approximate surface area is 125 Å². The Morgan fingerprint density at radius 3 is 2.19 bits per heavy atom. The molecule has 0 spiro atoms. The SMILES string of the molecule is COc1ccc(NS(=O)(=O)CC(C)(C)C)cc1S(N)(=O)=O. The molecule has 0 aliphatic carbocycles. The van der Waals surface area contributed by atoms with Crippen molar-refractivity contribution in [1.29, 1.82) is 0 Å². The molecule has 0 aliphatic rings. The van der Waals surface area contributed by atoms with Gasteiger partial charge in [-0.15, -0.1) is 0 Å². The molecule has 0 unspecified atom stereocenters.